The molecule has 2 aromatic carbocycles. The third kappa shape index (κ3) is 1.57. The van der Waals surface area contributed by atoms with Crippen molar-refractivity contribution in [2.45, 2.75) is 18.3 Å². The van der Waals surface area contributed by atoms with Crippen molar-refractivity contribution >= 4 is 11.6 Å². The fourth-order valence-corrected chi connectivity index (χ4v) is 3.78. The Kier molecular flexibility index (Phi) is 2.69. The SMILES string of the molecule is CCn1ccnc1C1(Cl)c2ccccc2-c2ccccc21. The van der Waals surface area contributed by atoms with Crippen LogP contribution in [0.5, 0.6) is 0 Å². The number of alkyl halides is 1. The van der Waals surface area contributed by atoms with E-state index in [0.717, 1.165) is 23.5 Å². The first kappa shape index (κ1) is 12.7. The van der Waals surface area contributed by atoms with Crippen molar-refractivity contribution in [3.63, 3.8) is 0 Å². The van der Waals surface area contributed by atoms with Crippen LogP contribution in [0.1, 0.15) is 23.9 Å². The monoisotopic (exact) mass is 294 g/mol. The van der Waals surface area contributed by atoms with Gasteiger partial charge in [-0.15, -0.1) is 11.6 Å². The van der Waals surface area contributed by atoms with E-state index < -0.39 is 4.87 Å². The van der Waals surface area contributed by atoms with E-state index in [1.54, 1.807) is 0 Å². The van der Waals surface area contributed by atoms with Gasteiger partial charge in [-0.05, 0) is 29.2 Å². The van der Waals surface area contributed by atoms with E-state index in [4.69, 9.17) is 11.6 Å². The fourth-order valence-electron chi connectivity index (χ4n) is 3.29. The summed E-state index contributed by atoms with van der Waals surface area (Å²) in [6.45, 7) is 2.96. The number of hydrogen-bond donors (Lipinski definition) is 0. The van der Waals surface area contributed by atoms with Crippen molar-refractivity contribution in [3.05, 3.63) is 77.9 Å². The van der Waals surface area contributed by atoms with Crippen LogP contribution in [0.3, 0.4) is 0 Å². The zero-order chi connectivity index (χ0) is 14.4. The number of imidazole rings is 1. The van der Waals surface area contributed by atoms with E-state index >= 15 is 0 Å². The van der Waals surface area contributed by atoms with E-state index in [0.29, 0.717) is 0 Å². The molecule has 1 heterocycles. The van der Waals surface area contributed by atoms with Gasteiger partial charge in [-0.3, -0.25) is 0 Å². The van der Waals surface area contributed by atoms with Crippen LogP contribution in [0, 0.1) is 0 Å². The summed E-state index contributed by atoms with van der Waals surface area (Å²) in [4.78, 5) is 3.87. The number of nitrogens with zero attached hydrogens (tertiary/aromatic N) is 2. The highest BCUT2D eigenvalue weighted by molar-refractivity contribution is 6.30. The molecule has 0 unspecified atom stereocenters. The molecule has 0 radical (unpaired) electrons. The van der Waals surface area contributed by atoms with Crippen LogP contribution in [0.15, 0.2) is 60.9 Å². The fraction of sp³-hybridized carbons (Fsp3) is 0.167. The first-order valence-corrected chi connectivity index (χ1v) is 7.54. The number of aromatic nitrogens is 2. The summed E-state index contributed by atoms with van der Waals surface area (Å²) in [5.41, 5.74) is 4.64. The Bertz CT molecular complexity index is 774. The topological polar surface area (TPSA) is 17.8 Å². The molecule has 3 heteroatoms. The van der Waals surface area contributed by atoms with Gasteiger partial charge in [-0.25, -0.2) is 4.98 Å². The number of rotatable bonds is 2. The van der Waals surface area contributed by atoms with Crippen molar-refractivity contribution in [1.29, 1.82) is 0 Å². The third-order valence-corrected chi connectivity index (χ3v) is 4.83. The van der Waals surface area contributed by atoms with Gasteiger partial charge in [-0.2, -0.15) is 0 Å². The van der Waals surface area contributed by atoms with Gasteiger partial charge < -0.3 is 4.57 Å². The molecule has 0 bridgehead atoms. The van der Waals surface area contributed by atoms with E-state index in [2.05, 4.69) is 52.9 Å². The minimum Gasteiger partial charge on any atom is -0.333 e. The molecule has 0 saturated heterocycles. The molecule has 0 atom stereocenters. The van der Waals surface area contributed by atoms with Crippen LogP contribution in [0.4, 0.5) is 0 Å². The van der Waals surface area contributed by atoms with Crippen LogP contribution < -0.4 is 0 Å². The normalized spacial score (nSPS) is 14.8. The second-order valence-electron chi connectivity index (χ2n) is 5.29. The van der Waals surface area contributed by atoms with Crippen LogP contribution >= 0.6 is 11.6 Å². The lowest BCUT2D eigenvalue weighted by atomic mass is 9.95. The van der Waals surface area contributed by atoms with Crippen molar-refractivity contribution in [1.82, 2.24) is 9.55 Å². The first-order valence-electron chi connectivity index (χ1n) is 7.16. The van der Waals surface area contributed by atoms with Crippen molar-refractivity contribution in [3.8, 4) is 11.1 Å². The summed E-state index contributed by atoms with van der Waals surface area (Å²) in [6, 6.07) is 16.7. The molecule has 0 spiro atoms. The van der Waals surface area contributed by atoms with Gasteiger partial charge in [0.2, 0.25) is 0 Å². The summed E-state index contributed by atoms with van der Waals surface area (Å²) in [5, 5.41) is 0. The molecular weight excluding hydrogens is 280 g/mol. The summed E-state index contributed by atoms with van der Waals surface area (Å²) < 4.78 is 2.12. The largest absolute Gasteiger partial charge is 0.333 e. The second-order valence-corrected chi connectivity index (χ2v) is 5.85. The number of aryl methyl sites for hydroxylation is 1. The molecule has 1 aliphatic rings. The lowest BCUT2D eigenvalue weighted by Crippen LogP contribution is -2.24. The second kappa shape index (κ2) is 4.47. The predicted molar refractivity (Wildman–Crippen MR) is 85.5 cm³/mol. The Balaban J connectivity index is 2.09. The number of fused-ring (bicyclic) bond motifs is 3. The van der Waals surface area contributed by atoms with Gasteiger partial charge in [0.15, 0.2) is 4.87 Å². The molecule has 21 heavy (non-hydrogen) atoms. The minimum atomic E-state index is -0.702. The predicted octanol–water partition coefficient (Wildman–Crippen LogP) is 4.41. The molecule has 3 aromatic rings. The lowest BCUT2D eigenvalue weighted by molar-refractivity contribution is 0.661. The van der Waals surface area contributed by atoms with Crippen LogP contribution in [0.2, 0.25) is 0 Å². The Morgan fingerprint density at radius 3 is 2.14 bits per heavy atom. The highest BCUT2D eigenvalue weighted by Gasteiger charge is 2.45. The van der Waals surface area contributed by atoms with Crippen molar-refractivity contribution in [2.24, 2.45) is 0 Å². The van der Waals surface area contributed by atoms with Crippen LogP contribution in [-0.2, 0) is 11.4 Å². The van der Waals surface area contributed by atoms with E-state index in [1.807, 2.05) is 24.5 Å². The number of hydrogen-bond acceptors (Lipinski definition) is 1. The molecule has 0 saturated carbocycles. The molecule has 0 aliphatic heterocycles. The molecule has 4 rings (SSSR count). The Morgan fingerprint density at radius 2 is 1.57 bits per heavy atom. The average molecular weight is 295 g/mol. The number of halogens is 1. The third-order valence-electron chi connectivity index (χ3n) is 4.25. The summed E-state index contributed by atoms with van der Waals surface area (Å²) in [7, 11) is 0. The van der Waals surface area contributed by atoms with Gasteiger partial charge in [-0.1, -0.05) is 48.5 Å². The maximum atomic E-state index is 7.20. The lowest BCUT2D eigenvalue weighted by Gasteiger charge is -2.24. The van der Waals surface area contributed by atoms with Gasteiger partial charge in [0, 0.05) is 18.9 Å². The van der Waals surface area contributed by atoms with Crippen LogP contribution in [0.25, 0.3) is 11.1 Å². The molecule has 104 valence electrons. The van der Waals surface area contributed by atoms with Crippen LogP contribution in [-0.4, -0.2) is 9.55 Å². The maximum Gasteiger partial charge on any atom is 0.153 e. The summed E-state index contributed by atoms with van der Waals surface area (Å²) in [6.07, 6.45) is 3.82. The Morgan fingerprint density at radius 1 is 1.00 bits per heavy atom. The quantitative estimate of drug-likeness (QED) is 0.640. The maximum absolute atomic E-state index is 7.20. The number of benzene rings is 2. The molecular formula is C18H15ClN2. The minimum absolute atomic E-state index is 0.702. The van der Waals surface area contributed by atoms with Crippen molar-refractivity contribution < 1.29 is 0 Å². The molecule has 0 fully saturated rings. The molecule has 0 amide bonds. The van der Waals surface area contributed by atoms with Crippen molar-refractivity contribution in [2.75, 3.05) is 0 Å². The highest BCUT2D eigenvalue weighted by Crippen LogP contribution is 2.54. The first-order chi connectivity index (χ1) is 10.3. The molecule has 0 N–H and O–H groups in total. The average Bonchev–Trinajstić information content (AvgIpc) is 3.11. The summed E-state index contributed by atoms with van der Waals surface area (Å²) in [5.74, 6) is 0.893. The smallest absolute Gasteiger partial charge is 0.153 e. The van der Waals surface area contributed by atoms with Gasteiger partial charge >= 0.3 is 0 Å². The summed E-state index contributed by atoms with van der Waals surface area (Å²) >= 11 is 7.20. The van der Waals surface area contributed by atoms with Gasteiger partial charge in [0.1, 0.15) is 5.82 Å². The van der Waals surface area contributed by atoms with E-state index in [-0.39, 0.29) is 0 Å². The molecule has 1 aromatic heterocycles. The standard InChI is InChI=1S/C18H15ClN2/c1-2-21-12-11-20-17(21)18(19)15-9-5-3-7-13(15)14-8-4-6-10-16(14)18/h3-12H,2H2,1H3. The van der Waals surface area contributed by atoms with Gasteiger partial charge in [0.05, 0.1) is 0 Å². The highest BCUT2D eigenvalue weighted by atomic mass is 35.5. The zero-order valence-corrected chi connectivity index (χ0v) is 12.5. The van der Waals surface area contributed by atoms with E-state index in [9.17, 15) is 0 Å². The Labute approximate surface area is 129 Å². The Hall–Kier alpha value is -2.06. The molecule has 1 aliphatic carbocycles. The van der Waals surface area contributed by atoms with Gasteiger partial charge in [0.25, 0.3) is 0 Å². The molecule has 2 nitrogen and oxygen atoms in total. The van der Waals surface area contributed by atoms with E-state index in [1.165, 1.54) is 11.1 Å². The zero-order valence-electron chi connectivity index (χ0n) is 11.8.